The van der Waals surface area contributed by atoms with Crippen molar-refractivity contribution in [2.24, 2.45) is 0 Å². The number of nitrogen functional groups attached to an aromatic ring is 1. The molecule has 0 radical (unpaired) electrons. The Morgan fingerprint density at radius 1 is 1.21 bits per heavy atom. The van der Waals surface area contributed by atoms with Crippen molar-refractivity contribution < 1.29 is 9.90 Å². The number of aromatic carboxylic acids is 1. The highest BCUT2D eigenvalue weighted by Gasteiger charge is 2.13. The Balaban J connectivity index is 2.23. The molecule has 0 aliphatic rings. The van der Waals surface area contributed by atoms with E-state index in [-0.39, 0.29) is 5.56 Å². The molecule has 0 aliphatic carbocycles. The standard InChI is InChI=1S/C14H12BrNO2S/c15-10-5-1-2-7-12(10)19-8-9-4-3-6-11(16)13(9)14(17)18/h1-7H,8,16H2,(H,17,18). The lowest BCUT2D eigenvalue weighted by molar-refractivity contribution is 0.0697. The fourth-order valence-electron chi connectivity index (χ4n) is 1.72. The Bertz CT molecular complexity index is 616. The monoisotopic (exact) mass is 337 g/mol. The lowest BCUT2D eigenvalue weighted by Gasteiger charge is -2.09. The van der Waals surface area contributed by atoms with E-state index in [1.54, 1.807) is 30.0 Å². The molecule has 0 aromatic heterocycles. The lowest BCUT2D eigenvalue weighted by Crippen LogP contribution is -2.06. The number of carboxylic acid groups (broad SMARTS) is 1. The second-order valence-corrected chi connectivity index (χ2v) is 5.78. The van der Waals surface area contributed by atoms with Crippen molar-refractivity contribution in [1.29, 1.82) is 0 Å². The number of hydrogen-bond donors (Lipinski definition) is 2. The normalized spacial score (nSPS) is 10.4. The van der Waals surface area contributed by atoms with Gasteiger partial charge in [-0.2, -0.15) is 0 Å². The maximum absolute atomic E-state index is 11.2. The summed E-state index contributed by atoms with van der Waals surface area (Å²) in [6.45, 7) is 0. The van der Waals surface area contributed by atoms with Crippen LogP contribution in [-0.2, 0) is 5.75 Å². The third-order valence-electron chi connectivity index (χ3n) is 2.62. The van der Waals surface area contributed by atoms with E-state index < -0.39 is 5.97 Å². The van der Waals surface area contributed by atoms with Crippen LogP contribution >= 0.6 is 27.7 Å². The van der Waals surface area contributed by atoms with Crippen LogP contribution in [0.15, 0.2) is 51.8 Å². The summed E-state index contributed by atoms with van der Waals surface area (Å²) < 4.78 is 1.00. The zero-order valence-corrected chi connectivity index (χ0v) is 12.4. The number of anilines is 1. The van der Waals surface area contributed by atoms with Crippen molar-refractivity contribution in [2.75, 3.05) is 5.73 Å². The minimum Gasteiger partial charge on any atom is -0.478 e. The van der Waals surface area contributed by atoms with E-state index in [1.165, 1.54) is 0 Å². The summed E-state index contributed by atoms with van der Waals surface area (Å²) in [4.78, 5) is 12.3. The van der Waals surface area contributed by atoms with E-state index >= 15 is 0 Å². The van der Waals surface area contributed by atoms with Gasteiger partial charge in [0, 0.05) is 20.8 Å². The number of benzene rings is 2. The highest BCUT2D eigenvalue weighted by molar-refractivity contribution is 9.10. The Kier molecular flexibility index (Phi) is 4.50. The number of carbonyl (C=O) groups is 1. The van der Waals surface area contributed by atoms with Crippen LogP contribution in [0.1, 0.15) is 15.9 Å². The Hall–Kier alpha value is -1.46. The molecule has 0 atom stereocenters. The lowest BCUT2D eigenvalue weighted by atomic mass is 10.1. The molecule has 19 heavy (non-hydrogen) atoms. The molecule has 0 heterocycles. The summed E-state index contributed by atoms with van der Waals surface area (Å²) in [5, 5.41) is 9.20. The summed E-state index contributed by atoms with van der Waals surface area (Å²) in [5.41, 5.74) is 6.95. The van der Waals surface area contributed by atoms with Crippen molar-refractivity contribution in [3.63, 3.8) is 0 Å². The molecule has 98 valence electrons. The molecule has 0 fully saturated rings. The van der Waals surface area contributed by atoms with Gasteiger partial charge >= 0.3 is 5.97 Å². The number of nitrogens with two attached hydrogens (primary N) is 1. The Labute approximate surface area is 124 Å². The molecule has 2 aromatic carbocycles. The van der Waals surface area contributed by atoms with Crippen LogP contribution in [0.3, 0.4) is 0 Å². The van der Waals surface area contributed by atoms with Crippen LogP contribution in [0.25, 0.3) is 0 Å². The minimum atomic E-state index is -0.985. The molecular weight excluding hydrogens is 326 g/mol. The smallest absolute Gasteiger partial charge is 0.338 e. The maximum Gasteiger partial charge on any atom is 0.338 e. The number of carboxylic acids is 1. The quantitative estimate of drug-likeness (QED) is 0.653. The molecule has 0 bridgehead atoms. The molecular formula is C14H12BrNO2S. The third-order valence-corrected chi connectivity index (χ3v) is 4.69. The van der Waals surface area contributed by atoms with Gasteiger partial charge in [0.2, 0.25) is 0 Å². The maximum atomic E-state index is 11.2. The number of thioether (sulfide) groups is 1. The average Bonchev–Trinajstić information content (AvgIpc) is 2.37. The molecule has 0 aliphatic heterocycles. The van der Waals surface area contributed by atoms with Gasteiger partial charge in [0.15, 0.2) is 0 Å². The summed E-state index contributed by atoms with van der Waals surface area (Å²) >= 11 is 5.04. The largest absolute Gasteiger partial charge is 0.478 e. The zero-order valence-electron chi connectivity index (χ0n) is 9.97. The first-order chi connectivity index (χ1) is 9.09. The summed E-state index contributed by atoms with van der Waals surface area (Å²) in [7, 11) is 0. The van der Waals surface area contributed by atoms with Crippen molar-refractivity contribution in [1.82, 2.24) is 0 Å². The third kappa shape index (κ3) is 3.30. The van der Waals surface area contributed by atoms with Gasteiger partial charge < -0.3 is 10.8 Å². The van der Waals surface area contributed by atoms with Crippen molar-refractivity contribution in [3.05, 3.63) is 58.1 Å². The van der Waals surface area contributed by atoms with Gasteiger partial charge in [0.25, 0.3) is 0 Å². The van der Waals surface area contributed by atoms with Gasteiger partial charge in [-0.15, -0.1) is 11.8 Å². The summed E-state index contributed by atoms with van der Waals surface area (Å²) in [6.07, 6.45) is 0. The first-order valence-electron chi connectivity index (χ1n) is 5.57. The van der Waals surface area contributed by atoms with E-state index in [9.17, 15) is 9.90 Å². The fourth-order valence-corrected chi connectivity index (χ4v) is 3.28. The molecule has 0 amide bonds. The second-order valence-electron chi connectivity index (χ2n) is 3.91. The number of halogens is 1. The molecule has 0 saturated heterocycles. The zero-order chi connectivity index (χ0) is 13.8. The van der Waals surface area contributed by atoms with Crippen LogP contribution in [0.2, 0.25) is 0 Å². The van der Waals surface area contributed by atoms with Gasteiger partial charge in [-0.3, -0.25) is 0 Å². The predicted octanol–water partition coefficient (Wildman–Crippen LogP) is 4.02. The predicted molar refractivity (Wildman–Crippen MR) is 81.5 cm³/mol. The highest BCUT2D eigenvalue weighted by atomic mass is 79.9. The van der Waals surface area contributed by atoms with Crippen LogP contribution < -0.4 is 5.73 Å². The fraction of sp³-hybridized carbons (Fsp3) is 0.0714. The van der Waals surface area contributed by atoms with Crippen LogP contribution in [0, 0.1) is 0 Å². The van der Waals surface area contributed by atoms with E-state index in [1.807, 2.05) is 24.3 Å². The molecule has 0 spiro atoms. The molecule has 5 heteroatoms. The van der Waals surface area contributed by atoms with Crippen LogP contribution in [0.4, 0.5) is 5.69 Å². The van der Waals surface area contributed by atoms with Gasteiger partial charge in [-0.1, -0.05) is 24.3 Å². The van der Waals surface area contributed by atoms with Gasteiger partial charge in [-0.05, 0) is 39.7 Å². The van der Waals surface area contributed by atoms with Gasteiger partial charge in [0.1, 0.15) is 0 Å². The van der Waals surface area contributed by atoms with E-state index in [0.29, 0.717) is 11.4 Å². The summed E-state index contributed by atoms with van der Waals surface area (Å²) in [6, 6.07) is 13.0. The molecule has 0 unspecified atom stereocenters. The first-order valence-corrected chi connectivity index (χ1v) is 7.35. The molecule has 2 rings (SSSR count). The average molecular weight is 338 g/mol. The Morgan fingerprint density at radius 2 is 1.95 bits per heavy atom. The molecule has 3 nitrogen and oxygen atoms in total. The number of rotatable bonds is 4. The van der Waals surface area contributed by atoms with Crippen LogP contribution in [-0.4, -0.2) is 11.1 Å². The summed E-state index contributed by atoms with van der Waals surface area (Å²) in [5.74, 6) is -0.421. The van der Waals surface area contributed by atoms with Crippen molar-refractivity contribution >= 4 is 39.3 Å². The molecule has 0 saturated carbocycles. The van der Waals surface area contributed by atoms with E-state index in [0.717, 1.165) is 14.9 Å². The minimum absolute atomic E-state index is 0.196. The highest BCUT2D eigenvalue weighted by Crippen LogP contribution is 2.31. The molecule has 3 N–H and O–H groups in total. The second kappa shape index (κ2) is 6.12. The van der Waals surface area contributed by atoms with Crippen LogP contribution in [0.5, 0.6) is 0 Å². The van der Waals surface area contributed by atoms with Crippen molar-refractivity contribution in [2.45, 2.75) is 10.6 Å². The van der Waals surface area contributed by atoms with E-state index in [2.05, 4.69) is 15.9 Å². The number of hydrogen-bond acceptors (Lipinski definition) is 3. The SMILES string of the molecule is Nc1cccc(CSc2ccccc2Br)c1C(=O)O. The first kappa shape index (κ1) is 14.0. The Morgan fingerprint density at radius 3 is 2.63 bits per heavy atom. The topological polar surface area (TPSA) is 63.3 Å². The van der Waals surface area contributed by atoms with Gasteiger partial charge in [0.05, 0.1) is 5.56 Å². The van der Waals surface area contributed by atoms with Gasteiger partial charge in [-0.25, -0.2) is 4.79 Å². The molecule has 2 aromatic rings. The van der Waals surface area contributed by atoms with E-state index in [4.69, 9.17) is 5.73 Å². The van der Waals surface area contributed by atoms with Crippen molar-refractivity contribution in [3.8, 4) is 0 Å².